The van der Waals surface area contributed by atoms with Crippen molar-refractivity contribution >= 4 is 33.9 Å². The summed E-state index contributed by atoms with van der Waals surface area (Å²) in [6.07, 6.45) is 2.01. The molecule has 1 saturated carbocycles. The molecule has 2 atom stereocenters. The van der Waals surface area contributed by atoms with E-state index in [2.05, 4.69) is 15.0 Å². The summed E-state index contributed by atoms with van der Waals surface area (Å²) in [5, 5.41) is 0. The van der Waals surface area contributed by atoms with E-state index in [-0.39, 0.29) is 24.6 Å². The van der Waals surface area contributed by atoms with Gasteiger partial charge in [0.05, 0.1) is 46.7 Å². The average molecular weight is 538 g/mol. The van der Waals surface area contributed by atoms with E-state index in [1.54, 1.807) is 36.5 Å². The number of alkyl halides is 3. The third-order valence-electron chi connectivity index (χ3n) is 7.46. The summed E-state index contributed by atoms with van der Waals surface area (Å²) >= 11 is 0. The van der Waals surface area contributed by atoms with Crippen LogP contribution in [0.2, 0.25) is 0 Å². The number of nitrogens with zero attached hydrogens (tertiary/aromatic N) is 6. The van der Waals surface area contributed by atoms with Crippen molar-refractivity contribution in [2.75, 3.05) is 12.8 Å². The van der Waals surface area contributed by atoms with Crippen molar-refractivity contribution in [3.8, 4) is 0 Å². The molecule has 0 radical (unpaired) electrons. The number of aryl methyl sites for hydroxylation is 1. The fourth-order valence-electron chi connectivity index (χ4n) is 5.56. The van der Waals surface area contributed by atoms with E-state index in [9.17, 15) is 18.0 Å². The van der Waals surface area contributed by atoms with Gasteiger partial charge in [0.25, 0.3) is 5.91 Å². The number of aromatic nitrogens is 5. The highest BCUT2D eigenvalue weighted by molar-refractivity contribution is 5.98. The molecular formula is C27H26F3N7O2. The van der Waals surface area contributed by atoms with Crippen LogP contribution in [0.5, 0.6) is 0 Å². The molecule has 0 spiro atoms. The highest BCUT2D eigenvalue weighted by Crippen LogP contribution is 2.32. The van der Waals surface area contributed by atoms with Crippen LogP contribution >= 0.6 is 0 Å². The van der Waals surface area contributed by atoms with Crippen LogP contribution in [0.1, 0.15) is 46.6 Å². The number of nitrogens with two attached hydrogens (primary N) is 1. The predicted octanol–water partition coefficient (Wildman–Crippen LogP) is 4.65. The number of pyridine rings is 1. The van der Waals surface area contributed by atoms with Crippen LogP contribution < -0.4 is 5.73 Å². The van der Waals surface area contributed by atoms with Crippen LogP contribution in [0, 0.1) is 6.92 Å². The van der Waals surface area contributed by atoms with E-state index in [0.29, 0.717) is 39.3 Å². The summed E-state index contributed by atoms with van der Waals surface area (Å²) in [5.74, 6) is 0.119. The number of halogens is 3. The Kier molecular flexibility index (Phi) is 5.94. The van der Waals surface area contributed by atoms with Crippen LogP contribution in [0.4, 0.5) is 19.0 Å². The zero-order valence-electron chi connectivity index (χ0n) is 21.3. The van der Waals surface area contributed by atoms with E-state index in [0.717, 1.165) is 37.2 Å². The second-order valence-electron chi connectivity index (χ2n) is 9.87. The second-order valence-corrected chi connectivity index (χ2v) is 9.87. The molecule has 1 fully saturated rings. The first kappa shape index (κ1) is 25.1. The van der Waals surface area contributed by atoms with Gasteiger partial charge in [-0.25, -0.2) is 15.0 Å². The van der Waals surface area contributed by atoms with Gasteiger partial charge in [0.2, 0.25) is 0 Å². The second kappa shape index (κ2) is 9.23. The SMILES string of the molecule is COC1CCCC1N(Cc1cn2cc(C(F)(F)F)ccc2n1)C(=O)c1ccc2nc(N)c3c(C)ncn3c2c1. The monoisotopic (exact) mass is 537 g/mol. The Hall–Kier alpha value is -4.19. The van der Waals surface area contributed by atoms with Crippen LogP contribution in [-0.2, 0) is 17.5 Å². The molecule has 12 heteroatoms. The fraction of sp³-hybridized carbons (Fsp3) is 0.333. The Morgan fingerprint density at radius 1 is 1.18 bits per heavy atom. The molecule has 2 N–H and O–H groups in total. The molecule has 0 saturated heterocycles. The van der Waals surface area contributed by atoms with Gasteiger partial charge in [0, 0.05) is 25.1 Å². The summed E-state index contributed by atoms with van der Waals surface area (Å²) in [4.78, 5) is 29.1. The number of hydrogen-bond donors (Lipinski definition) is 1. The van der Waals surface area contributed by atoms with Gasteiger partial charge in [-0.3, -0.25) is 9.20 Å². The van der Waals surface area contributed by atoms with Crippen molar-refractivity contribution in [3.63, 3.8) is 0 Å². The van der Waals surface area contributed by atoms with Crippen LogP contribution in [-0.4, -0.2) is 53.8 Å². The van der Waals surface area contributed by atoms with Gasteiger partial charge in [0.1, 0.15) is 23.3 Å². The molecule has 0 aliphatic heterocycles. The summed E-state index contributed by atoms with van der Waals surface area (Å²) in [7, 11) is 1.62. The number of hydrogen-bond acceptors (Lipinski definition) is 6. The van der Waals surface area contributed by atoms with E-state index in [4.69, 9.17) is 10.5 Å². The number of anilines is 1. The molecule has 202 valence electrons. The van der Waals surface area contributed by atoms with Gasteiger partial charge in [-0.2, -0.15) is 13.2 Å². The molecule has 1 aromatic carbocycles. The first-order valence-corrected chi connectivity index (χ1v) is 12.6. The molecule has 1 aliphatic rings. The lowest BCUT2D eigenvalue weighted by Crippen LogP contribution is -2.44. The maximum absolute atomic E-state index is 14.1. The number of benzene rings is 1. The summed E-state index contributed by atoms with van der Waals surface area (Å²) in [6, 6.07) is 7.33. The normalized spacial score (nSPS) is 18.0. The van der Waals surface area contributed by atoms with Crippen molar-refractivity contribution in [2.24, 2.45) is 0 Å². The highest BCUT2D eigenvalue weighted by Gasteiger charge is 2.36. The van der Waals surface area contributed by atoms with Gasteiger partial charge in [0.15, 0.2) is 0 Å². The van der Waals surface area contributed by atoms with Crippen molar-refractivity contribution in [1.82, 2.24) is 28.7 Å². The molecule has 5 aromatic rings. The Morgan fingerprint density at radius 3 is 2.77 bits per heavy atom. The summed E-state index contributed by atoms with van der Waals surface area (Å²) < 4.78 is 48.5. The van der Waals surface area contributed by atoms with Crippen molar-refractivity contribution in [2.45, 2.75) is 51.1 Å². The minimum atomic E-state index is -4.47. The standard InChI is InChI=1S/C27H26F3N7O2/c1-15-24-25(31)34-19-8-6-16(10-21(19)37(24)14-32-15)26(38)36(20-4-3-5-22(20)39-2)13-18-12-35-11-17(27(28,29)30)7-9-23(35)33-18/h6-12,14,20,22H,3-5,13H2,1-2H3,(H2,31,34). The molecule has 4 heterocycles. The number of amides is 1. The first-order chi connectivity index (χ1) is 18.6. The zero-order valence-corrected chi connectivity index (χ0v) is 21.3. The number of imidazole rings is 2. The molecule has 4 aromatic heterocycles. The van der Waals surface area contributed by atoms with Gasteiger partial charge < -0.3 is 19.8 Å². The van der Waals surface area contributed by atoms with E-state index in [1.165, 1.54) is 16.7 Å². The molecule has 1 amide bonds. The first-order valence-electron chi connectivity index (χ1n) is 12.6. The predicted molar refractivity (Wildman–Crippen MR) is 138 cm³/mol. The Balaban J connectivity index is 1.40. The van der Waals surface area contributed by atoms with Crippen molar-refractivity contribution < 1.29 is 22.7 Å². The molecule has 0 bridgehead atoms. The summed E-state index contributed by atoms with van der Waals surface area (Å²) in [6.45, 7) is 1.96. The topological polar surface area (TPSA) is 103 Å². The molecule has 39 heavy (non-hydrogen) atoms. The maximum atomic E-state index is 14.1. The van der Waals surface area contributed by atoms with Gasteiger partial charge >= 0.3 is 6.18 Å². The molecule has 2 unspecified atom stereocenters. The minimum Gasteiger partial charge on any atom is -0.382 e. The highest BCUT2D eigenvalue weighted by atomic mass is 19.4. The minimum absolute atomic E-state index is 0.115. The third-order valence-corrected chi connectivity index (χ3v) is 7.46. The van der Waals surface area contributed by atoms with Gasteiger partial charge in [-0.15, -0.1) is 0 Å². The molecule has 9 nitrogen and oxygen atoms in total. The average Bonchev–Trinajstić information content (AvgIpc) is 3.64. The lowest BCUT2D eigenvalue weighted by atomic mass is 10.1. The lowest BCUT2D eigenvalue weighted by Gasteiger charge is -2.32. The largest absolute Gasteiger partial charge is 0.417 e. The third kappa shape index (κ3) is 4.34. The quantitative estimate of drug-likeness (QED) is 0.350. The number of methoxy groups -OCH3 is 1. The lowest BCUT2D eigenvalue weighted by molar-refractivity contribution is -0.137. The van der Waals surface area contributed by atoms with E-state index >= 15 is 0 Å². The number of nitrogen functional groups attached to an aromatic ring is 1. The van der Waals surface area contributed by atoms with Gasteiger partial charge in [-0.1, -0.05) is 0 Å². The molecule has 6 rings (SSSR count). The fourth-order valence-corrected chi connectivity index (χ4v) is 5.56. The smallest absolute Gasteiger partial charge is 0.382 e. The zero-order chi connectivity index (χ0) is 27.5. The van der Waals surface area contributed by atoms with Crippen LogP contribution in [0.25, 0.3) is 22.2 Å². The van der Waals surface area contributed by atoms with Crippen LogP contribution in [0.15, 0.2) is 49.1 Å². The van der Waals surface area contributed by atoms with E-state index < -0.39 is 11.7 Å². The number of rotatable bonds is 5. The van der Waals surface area contributed by atoms with Crippen molar-refractivity contribution in [1.29, 1.82) is 0 Å². The van der Waals surface area contributed by atoms with Crippen molar-refractivity contribution in [3.05, 3.63) is 71.6 Å². The summed E-state index contributed by atoms with van der Waals surface area (Å²) in [5.41, 5.74) is 9.38. The van der Waals surface area contributed by atoms with Gasteiger partial charge in [-0.05, 0) is 56.5 Å². The Labute approximate surface area is 221 Å². The molecule has 1 aliphatic carbocycles. The molecular weight excluding hydrogens is 511 g/mol. The number of carbonyl (C=O) groups is 1. The Bertz CT molecular complexity index is 1730. The number of fused-ring (bicyclic) bond motifs is 4. The number of carbonyl (C=O) groups excluding carboxylic acids is 1. The number of ether oxygens (including phenoxy) is 1. The van der Waals surface area contributed by atoms with E-state index in [1.807, 2.05) is 11.3 Å². The Morgan fingerprint density at radius 2 is 2.00 bits per heavy atom. The van der Waals surface area contributed by atoms with Crippen LogP contribution in [0.3, 0.4) is 0 Å². The maximum Gasteiger partial charge on any atom is 0.417 e.